The van der Waals surface area contributed by atoms with Gasteiger partial charge in [-0.15, -0.1) is 0 Å². The minimum absolute atomic E-state index is 0.758. The third-order valence-corrected chi connectivity index (χ3v) is 2.82. The van der Waals surface area contributed by atoms with E-state index in [1.54, 1.807) is 0 Å². The van der Waals surface area contributed by atoms with E-state index in [1.165, 1.54) is 0 Å². The van der Waals surface area contributed by atoms with Crippen LogP contribution in [0.5, 0.6) is 0 Å². The molecule has 3 heteroatoms. The summed E-state index contributed by atoms with van der Waals surface area (Å²) in [5, 5.41) is 0.758. The predicted molar refractivity (Wildman–Crippen MR) is 62.9 cm³/mol. The number of ether oxygens (including phenoxy) is 1. The molecule has 15 heavy (non-hydrogen) atoms. The van der Waals surface area contributed by atoms with Crippen LogP contribution in [-0.4, -0.2) is 31.2 Å². The minimum atomic E-state index is 0.758. The summed E-state index contributed by atoms with van der Waals surface area (Å²) in [5.74, 6) is 0. The second-order valence-electron chi connectivity index (χ2n) is 3.55. The molecule has 1 aromatic carbocycles. The molecule has 80 valence electrons. The average molecular weight is 224 g/mol. The molecule has 2 nitrogen and oxygen atoms in total. The number of benzene rings is 1. The number of hydrogen-bond acceptors (Lipinski definition) is 2. The molecular formula is C12H14ClNO. The molecule has 1 saturated heterocycles. The Morgan fingerprint density at radius 2 is 1.80 bits per heavy atom. The van der Waals surface area contributed by atoms with Crippen molar-refractivity contribution in [2.24, 2.45) is 0 Å². The first-order valence-electron chi connectivity index (χ1n) is 5.05. The fourth-order valence-electron chi connectivity index (χ4n) is 1.66. The highest BCUT2D eigenvalue weighted by atomic mass is 35.5. The van der Waals surface area contributed by atoms with Crippen LogP contribution < -0.4 is 0 Å². The molecule has 0 bridgehead atoms. The number of rotatable bonds is 2. The van der Waals surface area contributed by atoms with Crippen LogP contribution in [0.1, 0.15) is 5.56 Å². The third-order valence-electron chi connectivity index (χ3n) is 2.57. The molecule has 0 aromatic heterocycles. The van der Waals surface area contributed by atoms with Gasteiger partial charge in [0.05, 0.1) is 13.2 Å². The largest absolute Gasteiger partial charge is 0.378 e. The topological polar surface area (TPSA) is 12.5 Å². The van der Waals surface area contributed by atoms with E-state index in [1.807, 2.05) is 24.3 Å². The first-order valence-corrected chi connectivity index (χ1v) is 5.43. The van der Waals surface area contributed by atoms with Crippen molar-refractivity contribution >= 4 is 17.3 Å². The van der Waals surface area contributed by atoms with Crippen LogP contribution in [0.25, 0.3) is 5.70 Å². The van der Waals surface area contributed by atoms with E-state index in [4.69, 9.17) is 16.3 Å². The Hall–Kier alpha value is -0.990. The number of halogens is 1. The summed E-state index contributed by atoms with van der Waals surface area (Å²) in [7, 11) is 0. The summed E-state index contributed by atoms with van der Waals surface area (Å²) in [4.78, 5) is 2.24. The molecule has 1 aliphatic heterocycles. The predicted octanol–water partition coefficient (Wildman–Crippen LogP) is 2.64. The molecule has 0 unspecified atom stereocenters. The van der Waals surface area contributed by atoms with Gasteiger partial charge >= 0.3 is 0 Å². The van der Waals surface area contributed by atoms with Gasteiger partial charge in [-0.2, -0.15) is 0 Å². The molecule has 0 saturated carbocycles. The van der Waals surface area contributed by atoms with Crippen molar-refractivity contribution in [2.45, 2.75) is 0 Å². The Morgan fingerprint density at radius 3 is 2.40 bits per heavy atom. The lowest BCUT2D eigenvalue weighted by atomic mass is 10.1. The zero-order valence-electron chi connectivity index (χ0n) is 8.58. The molecule has 2 rings (SSSR count). The molecular weight excluding hydrogens is 210 g/mol. The summed E-state index contributed by atoms with van der Waals surface area (Å²) in [6.45, 7) is 7.51. The van der Waals surface area contributed by atoms with E-state index >= 15 is 0 Å². The second kappa shape index (κ2) is 4.69. The van der Waals surface area contributed by atoms with Crippen molar-refractivity contribution in [3.8, 4) is 0 Å². The van der Waals surface area contributed by atoms with E-state index in [-0.39, 0.29) is 0 Å². The van der Waals surface area contributed by atoms with Gasteiger partial charge in [0.2, 0.25) is 0 Å². The molecule has 0 atom stereocenters. The molecule has 1 fully saturated rings. The molecule has 1 aliphatic rings. The van der Waals surface area contributed by atoms with Gasteiger partial charge in [0, 0.05) is 23.8 Å². The second-order valence-corrected chi connectivity index (χ2v) is 3.99. The van der Waals surface area contributed by atoms with Gasteiger partial charge in [-0.25, -0.2) is 0 Å². The maximum absolute atomic E-state index is 5.84. The molecule has 0 radical (unpaired) electrons. The quantitative estimate of drug-likeness (QED) is 0.765. The summed E-state index contributed by atoms with van der Waals surface area (Å²) < 4.78 is 5.30. The Kier molecular flexibility index (Phi) is 3.29. The molecule has 0 aliphatic carbocycles. The van der Waals surface area contributed by atoms with Gasteiger partial charge < -0.3 is 9.64 Å². The highest BCUT2D eigenvalue weighted by molar-refractivity contribution is 6.30. The van der Waals surface area contributed by atoms with Crippen LogP contribution in [0.15, 0.2) is 30.8 Å². The van der Waals surface area contributed by atoms with Gasteiger partial charge in [0.1, 0.15) is 0 Å². The standard InChI is InChI=1S/C12H14ClNO/c1-10(14-6-8-15-9-7-14)11-2-4-12(13)5-3-11/h2-5H,1,6-9H2. The number of hydrogen-bond donors (Lipinski definition) is 0. The molecule has 0 spiro atoms. The van der Waals surface area contributed by atoms with Crippen molar-refractivity contribution in [1.29, 1.82) is 0 Å². The van der Waals surface area contributed by atoms with Gasteiger partial charge in [-0.3, -0.25) is 0 Å². The van der Waals surface area contributed by atoms with Crippen LogP contribution in [0.4, 0.5) is 0 Å². The Morgan fingerprint density at radius 1 is 1.20 bits per heavy atom. The lowest BCUT2D eigenvalue weighted by Crippen LogP contribution is -2.34. The Bertz CT molecular complexity index is 341. The van der Waals surface area contributed by atoms with Gasteiger partial charge in [-0.05, 0) is 17.7 Å². The maximum Gasteiger partial charge on any atom is 0.0642 e. The van der Waals surface area contributed by atoms with Crippen LogP contribution in [-0.2, 0) is 4.74 Å². The highest BCUT2D eigenvalue weighted by Gasteiger charge is 2.12. The minimum Gasteiger partial charge on any atom is -0.378 e. The van der Waals surface area contributed by atoms with Crippen molar-refractivity contribution < 1.29 is 4.74 Å². The summed E-state index contributed by atoms with van der Waals surface area (Å²) in [5.41, 5.74) is 2.18. The monoisotopic (exact) mass is 223 g/mol. The lowest BCUT2D eigenvalue weighted by Gasteiger charge is -2.30. The zero-order valence-corrected chi connectivity index (χ0v) is 9.33. The van der Waals surface area contributed by atoms with E-state index in [9.17, 15) is 0 Å². The fraction of sp³-hybridized carbons (Fsp3) is 0.333. The zero-order chi connectivity index (χ0) is 10.7. The van der Waals surface area contributed by atoms with Crippen molar-refractivity contribution in [3.05, 3.63) is 41.4 Å². The smallest absolute Gasteiger partial charge is 0.0642 e. The summed E-state index contributed by atoms with van der Waals surface area (Å²) >= 11 is 5.84. The van der Waals surface area contributed by atoms with Crippen molar-refractivity contribution in [3.63, 3.8) is 0 Å². The summed E-state index contributed by atoms with van der Waals surface area (Å²) in [6, 6.07) is 7.78. The van der Waals surface area contributed by atoms with Gasteiger partial charge in [-0.1, -0.05) is 30.3 Å². The van der Waals surface area contributed by atoms with E-state index in [2.05, 4.69) is 11.5 Å². The van der Waals surface area contributed by atoms with Crippen LogP contribution in [0.2, 0.25) is 5.02 Å². The van der Waals surface area contributed by atoms with Gasteiger partial charge in [0.25, 0.3) is 0 Å². The number of morpholine rings is 1. The molecule has 0 N–H and O–H groups in total. The SMILES string of the molecule is C=C(c1ccc(Cl)cc1)N1CCOCC1. The molecule has 1 aromatic rings. The van der Waals surface area contributed by atoms with E-state index in [0.717, 1.165) is 42.6 Å². The van der Waals surface area contributed by atoms with Crippen LogP contribution in [0, 0.1) is 0 Å². The first-order chi connectivity index (χ1) is 7.27. The highest BCUT2D eigenvalue weighted by Crippen LogP contribution is 2.20. The van der Waals surface area contributed by atoms with Crippen molar-refractivity contribution in [2.75, 3.05) is 26.3 Å². The average Bonchev–Trinajstić information content (AvgIpc) is 2.30. The normalized spacial score (nSPS) is 16.5. The van der Waals surface area contributed by atoms with Crippen LogP contribution >= 0.6 is 11.6 Å². The van der Waals surface area contributed by atoms with Crippen molar-refractivity contribution in [1.82, 2.24) is 4.90 Å². The maximum atomic E-state index is 5.84. The van der Waals surface area contributed by atoms with E-state index in [0.29, 0.717) is 0 Å². The van der Waals surface area contributed by atoms with E-state index < -0.39 is 0 Å². The lowest BCUT2D eigenvalue weighted by molar-refractivity contribution is 0.0641. The Labute approximate surface area is 95.1 Å². The fourth-order valence-corrected chi connectivity index (χ4v) is 1.78. The first kappa shape index (κ1) is 10.5. The third kappa shape index (κ3) is 2.52. The summed E-state index contributed by atoms with van der Waals surface area (Å²) in [6.07, 6.45) is 0. The molecule has 1 heterocycles. The van der Waals surface area contributed by atoms with Gasteiger partial charge in [0.15, 0.2) is 0 Å². The van der Waals surface area contributed by atoms with Crippen LogP contribution in [0.3, 0.4) is 0 Å². The molecule has 0 amide bonds. The number of nitrogens with zero attached hydrogens (tertiary/aromatic N) is 1. The Balaban J connectivity index is 2.09.